The molecule has 0 bridgehead atoms. The molecule has 6 nitrogen and oxygen atoms in total. The molecule has 1 aliphatic heterocycles. The Morgan fingerprint density at radius 2 is 0.950 bits per heavy atom. The summed E-state index contributed by atoms with van der Waals surface area (Å²) in [5, 5.41) is 60.5. The first kappa shape index (κ1) is 28.2. The number of hydrogen-bond donors (Lipinski definition) is 5. The van der Waals surface area contributed by atoms with E-state index in [9.17, 15) is 25.5 Å². The molecule has 0 aromatic heterocycles. The zero-order valence-corrected chi connectivity index (χ0v) is 22.4. The third-order valence-corrected chi connectivity index (χ3v) is 8.54. The fourth-order valence-electron chi connectivity index (χ4n) is 6.41. The fourth-order valence-corrected chi connectivity index (χ4v) is 6.41. The normalized spacial score (nSPS) is 28.8. The summed E-state index contributed by atoms with van der Waals surface area (Å²) in [7, 11) is 0. The van der Waals surface area contributed by atoms with E-state index >= 15 is 0 Å². The van der Waals surface area contributed by atoms with Crippen molar-refractivity contribution in [3.8, 4) is 0 Å². The van der Waals surface area contributed by atoms with Crippen molar-refractivity contribution in [3.05, 3.63) is 144 Å². The van der Waals surface area contributed by atoms with E-state index < -0.39 is 35.7 Å². The van der Waals surface area contributed by atoms with Gasteiger partial charge >= 0.3 is 0 Å². The van der Waals surface area contributed by atoms with Gasteiger partial charge < -0.3 is 25.5 Å². The molecule has 6 heteroatoms. The van der Waals surface area contributed by atoms with Gasteiger partial charge in [0, 0.05) is 19.4 Å². The molecule has 0 amide bonds. The Morgan fingerprint density at radius 1 is 0.550 bits per heavy atom. The second-order valence-corrected chi connectivity index (χ2v) is 10.9. The molecule has 4 aromatic rings. The van der Waals surface area contributed by atoms with Crippen LogP contribution >= 0.6 is 0 Å². The van der Waals surface area contributed by atoms with Crippen molar-refractivity contribution in [2.75, 3.05) is 6.61 Å². The van der Waals surface area contributed by atoms with Gasteiger partial charge in [0.15, 0.2) is 0 Å². The zero-order valence-electron chi connectivity index (χ0n) is 22.4. The Kier molecular flexibility index (Phi) is 8.19. The van der Waals surface area contributed by atoms with E-state index in [1.807, 2.05) is 121 Å². The second-order valence-electron chi connectivity index (χ2n) is 10.9. The Labute approximate surface area is 235 Å². The summed E-state index contributed by atoms with van der Waals surface area (Å²) in [5.74, 6) is 0. The summed E-state index contributed by atoms with van der Waals surface area (Å²) in [5.41, 5.74) is -2.88. The highest BCUT2D eigenvalue weighted by Gasteiger charge is 2.72. The average molecular weight is 540 g/mol. The van der Waals surface area contributed by atoms with Crippen molar-refractivity contribution in [1.29, 1.82) is 0 Å². The van der Waals surface area contributed by atoms with Gasteiger partial charge in [-0.15, -0.1) is 0 Å². The van der Waals surface area contributed by atoms with Gasteiger partial charge in [-0.2, -0.15) is 0 Å². The van der Waals surface area contributed by atoms with Gasteiger partial charge in [0.2, 0.25) is 0 Å². The van der Waals surface area contributed by atoms with E-state index in [-0.39, 0.29) is 25.8 Å². The molecule has 0 spiro atoms. The Hall–Kier alpha value is -3.36. The average Bonchev–Trinajstić information content (AvgIpc) is 2.99. The van der Waals surface area contributed by atoms with Gasteiger partial charge in [-0.3, -0.25) is 4.90 Å². The summed E-state index contributed by atoms with van der Waals surface area (Å²) in [6.45, 7) is -0.454. The van der Waals surface area contributed by atoms with Gasteiger partial charge in [0.25, 0.3) is 0 Å². The lowest BCUT2D eigenvalue weighted by molar-refractivity contribution is -0.342. The lowest BCUT2D eigenvalue weighted by atomic mass is 9.56. The minimum Gasteiger partial charge on any atom is -0.394 e. The molecule has 1 fully saturated rings. The number of rotatable bonds is 9. The van der Waals surface area contributed by atoms with Crippen LogP contribution in [0.4, 0.5) is 0 Å². The van der Waals surface area contributed by atoms with Crippen molar-refractivity contribution in [2.45, 2.75) is 54.9 Å². The maximum Gasteiger partial charge on any atom is 0.137 e. The van der Waals surface area contributed by atoms with E-state index in [0.717, 1.165) is 16.7 Å². The highest BCUT2D eigenvalue weighted by Crippen LogP contribution is 2.51. The smallest absolute Gasteiger partial charge is 0.137 e. The standard InChI is InChI=1S/C34H37NO5/c36-25-32(21-26-13-5-1-6-14-26)34(40,23-28-17-9-3-10-18-28)33(39,22-27-15-7-2-8-16-27)30(37)31(38)35(32)24-29-19-11-4-12-20-29/h1-20,30-31,36-40H,21-25H2/t30-,31?,32+,33+,34+/m0/s1. The molecular weight excluding hydrogens is 502 g/mol. The number of hydrogen-bond acceptors (Lipinski definition) is 6. The number of benzene rings is 4. The van der Waals surface area contributed by atoms with Gasteiger partial charge in [0.1, 0.15) is 23.5 Å². The molecule has 1 aliphatic rings. The summed E-state index contributed by atoms with van der Waals surface area (Å²) in [6.07, 6.45) is -3.42. The molecule has 4 aromatic carbocycles. The molecule has 1 saturated heterocycles. The number of aliphatic hydroxyl groups is 5. The van der Waals surface area contributed by atoms with Crippen LogP contribution < -0.4 is 0 Å². The van der Waals surface area contributed by atoms with E-state index in [2.05, 4.69) is 0 Å². The largest absolute Gasteiger partial charge is 0.394 e. The summed E-state index contributed by atoms with van der Waals surface area (Å²) in [4.78, 5) is 1.57. The van der Waals surface area contributed by atoms with Gasteiger partial charge in [-0.25, -0.2) is 0 Å². The van der Waals surface area contributed by atoms with E-state index in [0.29, 0.717) is 5.56 Å². The monoisotopic (exact) mass is 539 g/mol. The lowest BCUT2D eigenvalue weighted by Crippen LogP contribution is -2.86. The number of piperidine rings is 1. The highest BCUT2D eigenvalue weighted by molar-refractivity contribution is 5.35. The third kappa shape index (κ3) is 4.99. The molecular formula is C34H37NO5. The van der Waals surface area contributed by atoms with Gasteiger partial charge in [-0.05, 0) is 28.7 Å². The minimum absolute atomic E-state index is 0.0698. The molecule has 208 valence electrons. The third-order valence-electron chi connectivity index (χ3n) is 8.54. The molecule has 5 atom stereocenters. The molecule has 0 aliphatic carbocycles. The van der Waals surface area contributed by atoms with Crippen LogP contribution in [0.1, 0.15) is 22.3 Å². The maximum atomic E-state index is 13.1. The molecule has 5 N–H and O–H groups in total. The molecule has 5 rings (SSSR count). The van der Waals surface area contributed by atoms with Crippen LogP contribution in [-0.2, 0) is 25.8 Å². The van der Waals surface area contributed by atoms with Crippen LogP contribution in [0.3, 0.4) is 0 Å². The topological polar surface area (TPSA) is 104 Å². The van der Waals surface area contributed by atoms with Crippen LogP contribution in [0.15, 0.2) is 121 Å². The number of aliphatic hydroxyl groups excluding tert-OH is 3. The molecule has 1 heterocycles. The predicted molar refractivity (Wildman–Crippen MR) is 154 cm³/mol. The number of nitrogens with zero attached hydrogens (tertiary/aromatic N) is 1. The Morgan fingerprint density at radius 3 is 1.40 bits per heavy atom. The highest BCUT2D eigenvalue weighted by atomic mass is 16.4. The molecule has 0 saturated carbocycles. The molecule has 40 heavy (non-hydrogen) atoms. The Bertz CT molecular complexity index is 1320. The number of likely N-dealkylation sites (tertiary alicyclic amines) is 1. The minimum atomic E-state index is -2.23. The van der Waals surface area contributed by atoms with Gasteiger partial charge in [-0.1, -0.05) is 121 Å². The van der Waals surface area contributed by atoms with Crippen molar-refractivity contribution in [1.82, 2.24) is 4.90 Å². The van der Waals surface area contributed by atoms with Gasteiger partial charge in [0.05, 0.1) is 12.1 Å². The Balaban J connectivity index is 1.74. The fraction of sp³-hybridized carbons (Fsp3) is 0.294. The van der Waals surface area contributed by atoms with E-state index in [1.165, 1.54) is 0 Å². The summed E-state index contributed by atoms with van der Waals surface area (Å²) >= 11 is 0. The van der Waals surface area contributed by atoms with E-state index in [1.54, 1.807) is 4.90 Å². The maximum absolute atomic E-state index is 13.1. The van der Waals surface area contributed by atoms with Crippen LogP contribution in [-0.4, -0.2) is 66.1 Å². The first-order valence-electron chi connectivity index (χ1n) is 13.7. The summed E-state index contributed by atoms with van der Waals surface area (Å²) in [6, 6.07) is 37.3. The van der Waals surface area contributed by atoms with Crippen LogP contribution in [0.5, 0.6) is 0 Å². The SMILES string of the molecule is OC[C@@]1(Cc2ccccc2)N(Cc2ccccc2)C(O)[C@H](O)[C@](O)(Cc2ccccc2)[C@@]1(O)Cc1ccccc1. The predicted octanol–water partition coefficient (Wildman–Crippen LogP) is 3.10. The quantitative estimate of drug-likeness (QED) is 0.224. The van der Waals surface area contributed by atoms with Crippen molar-refractivity contribution >= 4 is 0 Å². The first-order valence-corrected chi connectivity index (χ1v) is 13.7. The van der Waals surface area contributed by atoms with Crippen LogP contribution in [0.2, 0.25) is 0 Å². The van der Waals surface area contributed by atoms with Crippen LogP contribution in [0.25, 0.3) is 0 Å². The molecule has 0 radical (unpaired) electrons. The van der Waals surface area contributed by atoms with E-state index in [4.69, 9.17) is 0 Å². The molecule has 1 unspecified atom stereocenters. The van der Waals surface area contributed by atoms with Crippen molar-refractivity contribution < 1.29 is 25.5 Å². The first-order chi connectivity index (χ1) is 19.3. The second kappa shape index (κ2) is 11.6. The lowest BCUT2D eigenvalue weighted by Gasteiger charge is -2.65. The van der Waals surface area contributed by atoms with Crippen molar-refractivity contribution in [2.24, 2.45) is 0 Å². The van der Waals surface area contributed by atoms with Crippen molar-refractivity contribution in [3.63, 3.8) is 0 Å². The zero-order chi connectivity index (χ0) is 28.2. The van der Waals surface area contributed by atoms with Crippen LogP contribution in [0, 0.1) is 0 Å². The summed E-state index contributed by atoms with van der Waals surface area (Å²) < 4.78 is 0.